The van der Waals surface area contributed by atoms with Crippen molar-refractivity contribution in [2.45, 2.75) is 25.4 Å². The van der Waals surface area contributed by atoms with Crippen LogP contribution >= 0.6 is 0 Å². The Bertz CT molecular complexity index is 1110. The van der Waals surface area contributed by atoms with Gasteiger partial charge in [-0.3, -0.25) is 14.3 Å². The number of hydrogen-bond donors (Lipinski definition) is 0. The molecule has 0 N–H and O–H groups in total. The van der Waals surface area contributed by atoms with Crippen LogP contribution in [0.1, 0.15) is 24.4 Å². The lowest BCUT2D eigenvalue weighted by Crippen LogP contribution is -2.34. The summed E-state index contributed by atoms with van der Waals surface area (Å²) in [4.78, 5) is 27.1. The van der Waals surface area contributed by atoms with Crippen LogP contribution in [0, 0.1) is 0 Å². The maximum atomic E-state index is 13.2. The van der Waals surface area contributed by atoms with E-state index in [0.29, 0.717) is 17.4 Å². The van der Waals surface area contributed by atoms with Gasteiger partial charge in [0.2, 0.25) is 11.3 Å². The van der Waals surface area contributed by atoms with Crippen LogP contribution in [0.15, 0.2) is 53.5 Å². The Balaban J connectivity index is 1.65. The highest BCUT2D eigenvalue weighted by atomic mass is 16.5. The van der Waals surface area contributed by atoms with E-state index < -0.39 is 0 Å². The van der Waals surface area contributed by atoms with Crippen molar-refractivity contribution in [3.63, 3.8) is 0 Å². The molecule has 2 heterocycles. The van der Waals surface area contributed by atoms with Crippen LogP contribution < -0.4 is 14.9 Å². The molecule has 7 nitrogen and oxygen atoms in total. The number of likely N-dealkylation sites (tertiary alicyclic amines) is 1. The molecule has 0 spiro atoms. The second kappa shape index (κ2) is 7.95. The van der Waals surface area contributed by atoms with Gasteiger partial charge in [0.1, 0.15) is 18.0 Å². The highest BCUT2D eigenvalue weighted by Crippen LogP contribution is 2.39. The lowest BCUT2D eigenvalue weighted by atomic mass is 10.0. The number of ether oxygens (including phenoxy) is 2. The van der Waals surface area contributed by atoms with Gasteiger partial charge in [0.05, 0.1) is 32.0 Å². The molecule has 0 radical (unpaired) electrons. The first-order valence-electron chi connectivity index (χ1n) is 9.58. The van der Waals surface area contributed by atoms with Gasteiger partial charge in [0.15, 0.2) is 0 Å². The molecule has 1 atom stereocenters. The largest absolute Gasteiger partial charge is 0.497 e. The lowest BCUT2D eigenvalue weighted by molar-refractivity contribution is -0.132. The fourth-order valence-electron chi connectivity index (χ4n) is 3.99. The van der Waals surface area contributed by atoms with Gasteiger partial charge in [-0.25, -0.2) is 0 Å². The number of aromatic nitrogens is 2. The van der Waals surface area contributed by atoms with Crippen molar-refractivity contribution in [2.75, 3.05) is 20.8 Å². The SMILES string of the molecule is COc1ccc(OC)c([C@@H]2CCCN2C(=O)Cn2ncc(=O)c3ccccc32)c1. The average molecular weight is 393 g/mol. The minimum Gasteiger partial charge on any atom is -0.497 e. The minimum atomic E-state index is -0.149. The van der Waals surface area contributed by atoms with Gasteiger partial charge < -0.3 is 14.4 Å². The summed E-state index contributed by atoms with van der Waals surface area (Å²) in [6.07, 6.45) is 3.03. The highest BCUT2D eigenvalue weighted by Gasteiger charge is 2.32. The van der Waals surface area contributed by atoms with Gasteiger partial charge in [0.25, 0.3) is 0 Å². The minimum absolute atomic E-state index is 0.0429. The molecule has 29 heavy (non-hydrogen) atoms. The van der Waals surface area contributed by atoms with Crippen molar-refractivity contribution in [3.8, 4) is 11.5 Å². The third kappa shape index (κ3) is 3.55. The number of rotatable bonds is 5. The molecule has 150 valence electrons. The Labute approximate surface area is 168 Å². The molecule has 1 aliphatic heterocycles. The molecule has 1 aromatic heterocycles. The summed E-state index contributed by atoms with van der Waals surface area (Å²) in [6, 6.07) is 12.8. The number of fused-ring (bicyclic) bond motifs is 1. The molecule has 3 aromatic rings. The number of methoxy groups -OCH3 is 2. The summed E-state index contributed by atoms with van der Waals surface area (Å²) in [5, 5.41) is 4.75. The second-order valence-corrected chi connectivity index (χ2v) is 7.04. The molecule has 0 aliphatic carbocycles. The fourth-order valence-corrected chi connectivity index (χ4v) is 3.99. The summed E-state index contributed by atoms with van der Waals surface area (Å²) >= 11 is 0. The zero-order valence-corrected chi connectivity index (χ0v) is 16.5. The average Bonchev–Trinajstić information content (AvgIpc) is 3.25. The molecule has 7 heteroatoms. The molecule has 1 fully saturated rings. The third-order valence-corrected chi connectivity index (χ3v) is 5.42. The number of para-hydroxylation sites is 1. The van der Waals surface area contributed by atoms with Gasteiger partial charge in [-0.1, -0.05) is 12.1 Å². The Morgan fingerprint density at radius 3 is 2.79 bits per heavy atom. The van der Waals surface area contributed by atoms with Crippen molar-refractivity contribution in [2.24, 2.45) is 0 Å². The van der Waals surface area contributed by atoms with E-state index in [1.165, 1.54) is 6.20 Å². The van der Waals surface area contributed by atoms with Gasteiger partial charge in [0, 0.05) is 17.5 Å². The molecule has 4 rings (SSSR count). The first kappa shape index (κ1) is 19.0. The molecule has 2 aromatic carbocycles. The molecular weight excluding hydrogens is 370 g/mol. The Hall–Kier alpha value is -3.35. The maximum absolute atomic E-state index is 13.2. The van der Waals surface area contributed by atoms with E-state index in [4.69, 9.17) is 9.47 Å². The summed E-state index contributed by atoms with van der Waals surface area (Å²) in [5.41, 5.74) is 1.45. The molecule has 0 saturated carbocycles. The van der Waals surface area contributed by atoms with Gasteiger partial charge in [-0.15, -0.1) is 0 Å². The molecule has 1 aliphatic rings. The van der Waals surface area contributed by atoms with Gasteiger partial charge >= 0.3 is 0 Å². The van der Waals surface area contributed by atoms with Crippen LogP contribution in [-0.4, -0.2) is 41.4 Å². The number of carbonyl (C=O) groups is 1. The number of carbonyl (C=O) groups excluding carboxylic acids is 1. The van der Waals surface area contributed by atoms with Gasteiger partial charge in [-0.2, -0.15) is 5.10 Å². The molecule has 1 amide bonds. The third-order valence-electron chi connectivity index (χ3n) is 5.42. The van der Waals surface area contributed by atoms with Crippen molar-refractivity contribution in [3.05, 3.63) is 64.4 Å². The van der Waals surface area contributed by atoms with Crippen molar-refractivity contribution >= 4 is 16.8 Å². The van der Waals surface area contributed by atoms with E-state index in [0.717, 1.165) is 29.9 Å². The molecular formula is C22H23N3O4. The second-order valence-electron chi connectivity index (χ2n) is 7.04. The fraction of sp³-hybridized carbons (Fsp3) is 0.318. The number of hydrogen-bond acceptors (Lipinski definition) is 5. The maximum Gasteiger partial charge on any atom is 0.244 e. The number of benzene rings is 2. The van der Waals surface area contributed by atoms with E-state index in [1.54, 1.807) is 25.0 Å². The van der Waals surface area contributed by atoms with Crippen LogP contribution in [0.25, 0.3) is 10.9 Å². The molecule has 0 unspecified atom stereocenters. The summed E-state index contributed by atoms with van der Waals surface area (Å²) < 4.78 is 12.5. The topological polar surface area (TPSA) is 73.7 Å². The van der Waals surface area contributed by atoms with E-state index in [-0.39, 0.29) is 23.9 Å². The van der Waals surface area contributed by atoms with E-state index in [9.17, 15) is 9.59 Å². The smallest absolute Gasteiger partial charge is 0.244 e. The Morgan fingerprint density at radius 1 is 1.17 bits per heavy atom. The number of nitrogens with zero attached hydrogens (tertiary/aromatic N) is 3. The Morgan fingerprint density at radius 2 is 2.00 bits per heavy atom. The summed E-state index contributed by atoms with van der Waals surface area (Å²) in [7, 11) is 3.25. The predicted molar refractivity (Wildman–Crippen MR) is 109 cm³/mol. The van der Waals surface area contributed by atoms with E-state index in [2.05, 4.69) is 5.10 Å². The number of amides is 1. The first-order chi connectivity index (χ1) is 14.1. The lowest BCUT2D eigenvalue weighted by Gasteiger charge is -2.27. The molecule has 0 bridgehead atoms. The Kier molecular flexibility index (Phi) is 5.20. The van der Waals surface area contributed by atoms with Crippen LogP contribution in [0.2, 0.25) is 0 Å². The van der Waals surface area contributed by atoms with Crippen molar-refractivity contribution < 1.29 is 14.3 Å². The standard InChI is InChI=1S/C22H23N3O4/c1-28-15-9-10-21(29-2)17(12-15)18-8-5-11-24(18)22(27)14-25-19-7-4-3-6-16(19)20(26)13-23-25/h3-4,6-7,9-10,12-13,18H,5,8,11,14H2,1-2H3/t18-/m0/s1. The monoisotopic (exact) mass is 393 g/mol. The predicted octanol–water partition coefficient (Wildman–Crippen LogP) is 2.78. The quantitative estimate of drug-likeness (QED) is 0.666. The van der Waals surface area contributed by atoms with Crippen LogP contribution in [0.5, 0.6) is 11.5 Å². The van der Waals surface area contributed by atoms with Crippen molar-refractivity contribution in [1.29, 1.82) is 0 Å². The van der Waals surface area contributed by atoms with E-state index >= 15 is 0 Å². The zero-order valence-electron chi connectivity index (χ0n) is 16.5. The van der Waals surface area contributed by atoms with Crippen LogP contribution in [0.3, 0.4) is 0 Å². The van der Waals surface area contributed by atoms with Crippen LogP contribution in [-0.2, 0) is 11.3 Å². The zero-order chi connectivity index (χ0) is 20.4. The summed E-state index contributed by atoms with van der Waals surface area (Å²) in [5.74, 6) is 1.43. The normalized spacial score (nSPS) is 16.2. The van der Waals surface area contributed by atoms with E-state index in [1.807, 2.05) is 41.3 Å². The highest BCUT2D eigenvalue weighted by molar-refractivity contribution is 5.82. The molecule has 1 saturated heterocycles. The summed E-state index contributed by atoms with van der Waals surface area (Å²) in [6.45, 7) is 0.742. The van der Waals surface area contributed by atoms with Crippen molar-refractivity contribution in [1.82, 2.24) is 14.7 Å². The van der Waals surface area contributed by atoms with Crippen LogP contribution in [0.4, 0.5) is 0 Å². The first-order valence-corrected chi connectivity index (χ1v) is 9.58. The van der Waals surface area contributed by atoms with Gasteiger partial charge in [-0.05, 0) is 43.2 Å².